The standard InChI is InChI=1S/C10H14N2O3S/c1-7-9(10(13)14)16-8(11-7)6-12-2-4-15-5-3-12/h2-6H2,1H3,(H,13,14). The lowest BCUT2D eigenvalue weighted by atomic mass is 10.4. The summed E-state index contributed by atoms with van der Waals surface area (Å²) in [5.41, 5.74) is 0.612. The molecule has 0 bridgehead atoms. The third kappa shape index (κ3) is 2.58. The maximum Gasteiger partial charge on any atom is 0.347 e. The van der Waals surface area contributed by atoms with Gasteiger partial charge in [0, 0.05) is 13.1 Å². The molecule has 1 aromatic heterocycles. The van der Waals surface area contributed by atoms with Crippen molar-refractivity contribution in [2.24, 2.45) is 0 Å². The first kappa shape index (κ1) is 11.5. The molecule has 5 nitrogen and oxygen atoms in total. The van der Waals surface area contributed by atoms with E-state index in [4.69, 9.17) is 9.84 Å². The SMILES string of the molecule is Cc1nc(CN2CCOCC2)sc1C(=O)O. The number of carboxylic acids is 1. The van der Waals surface area contributed by atoms with Crippen LogP contribution in [0.2, 0.25) is 0 Å². The van der Waals surface area contributed by atoms with Crippen molar-refractivity contribution in [3.63, 3.8) is 0 Å². The lowest BCUT2D eigenvalue weighted by Crippen LogP contribution is -2.35. The maximum atomic E-state index is 10.9. The van der Waals surface area contributed by atoms with Crippen LogP contribution in [-0.4, -0.2) is 47.3 Å². The van der Waals surface area contributed by atoms with Crippen LogP contribution in [0.4, 0.5) is 0 Å². The molecule has 1 fully saturated rings. The number of aromatic carboxylic acids is 1. The first-order valence-corrected chi connectivity index (χ1v) is 5.98. The molecule has 1 aliphatic rings. The Hall–Kier alpha value is -0.980. The van der Waals surface area contributed by atoms with Crippen molar-refractivity contribution in [1.29, 1.82) is 0 Å². The van der Waals surface area contributed by atoms with Gasteiger partial charge < -0.3 is 9.84 Å². The highest BCUT2D eigenvalue weighted by molar-refractivity contribution is 7.13. The summed E-state index contributed by atoms with van der Waals surface area (Å²) < 4.78 is 5.25. The Bertz CT molecular complexity index is 385. The minimum Gasteiger partial charge on any atom is -0.477 e. The van der Waals surface area contributed by atoms with E-state index in [1.165, 1.54) is 11.3 Å². The van der Waals surface area contributed by atoms with E-state index in [1.54, 1.807) is 6.92 Å². The monoisotopic (exact) mass is 242 g/mol. The number of rotatable bonds is 3. The Balaban J connectivity index is 2.03. The number of aryl methyl sites for hydroxylation is 1. The average molecular weight is 242 g/mol. The molecule has 0 atom stereocenters. The fourth-order valence-corrected chi connectivity index (χ4v) is 2.61. The summed E-state index contributed by atoms with van der Waals surface area (Å²) in [6, 6.07) is 0. The smallest absolute Gasteiger partial charge is 0.347 e. The molecule has 1 saturated heterocycles. The number of aromatic nitrogens is 1. The van der Waals surface area contributed by atoms with E-state index >= 15 is 0 Å². The lowest BCUT2D eigenvalue weighted by Gasteiger charge is -2.25. The van der Waals surface area contributed by atoms with Gasteiger partial charge in [0.2, 0.25) is 0 Å². The minimum absolute atomic E-state index is 0.350. The Morgan fingerprint density at radius 2 is 2.25 bits per heavy atom. The molecule has 2 heterocycles. The number of nitrogens with zero attached hydrogens (tertiary/aromatic N) is 2. The highest BCUT2D eigenvalue weighted by Gasteiger charge is 2.17. The molecule has 0 aromatic carbocycles. The van der Waals surface area contributed by atoms with E-state index in [0.29, 0.717) is 10.6 Å². The second kappa shape index (κ2) is 4.90. The van der Waals surface area contributed by atoms with Crippen molar-refractivity contribution in [3.8, 4) is 0 Å². The molecule has 6 heteroatoms. The fraction of sp³-hybridized carbons (Fsp3) is 0.600. The van der Waals surface area contributed by atoms with Gasteiger partial charge in [-0.25, -0.2) is 9.78 Å². The predicted molar refractivity (Wildman–Crippen MR) is 59.9 cm³/mol. The van der Waals surface area contributed by atoms with Gasteiger partial charge in [-0.05, 0) is 6.92 Å². The summed E-state index contributed by atoms with van der Waals surface area (Å²) in [5, 5.41) is 9.79. The highest BCUT2D eigenvalue weighted by Crippen LogP contribution is 2.19. The van der Waals surface area contributed by atoms with Crippen LogP contribution >= 0.6 is 11.3 Å². The molecule has 0 saturated carbocycles. The number of ether oxygens (including phenoxy) is 1. The molecular weight excluding hydrogens is 228 g/mol. The lowest BCUT2D eigenvalue weighted by molar-refractivity contribution is 0.0341. The largest absolute Gasteiger partial charge is 0.477 e. The van der Waals surface area contributed by atoms with E-state index in [-0.39, 0.29) is 0 Å². The van der Waals surface area contributed by atoms with Gasteiger partial charge in [-0.3, -0.25) is 4.90 Å². The molecule has 0 radical (unpaired) electrons. The Kier molecular flexibility index (Phi) is 3.52. The van der Waals surface area contributed by atoms with Gasteiger partial charge in [0.15, 0.2) is 0 Å². The van der Waals surface area contributed by atoms with Crippen LogP contribution < -0.4 is 0 Å². The summed E-state index contributed by atoms with van der Waals surface area (Å²) in [4.78, 5) is 17.7. The van der Waals surface area contributed by atoms with Crippen LogP contribution in [0.5, 0.6) is 0 Å². The van der Waals surface area contributed by atoms with Crippen LogP contribution in [-0.2, 0) is 11.3 Å². The quantitative estimate of drug-likeness (QED) is 0.856. The van der Waals surface area contributed by atoms with Gasteiger partial charge in [-0.2, -0.15) is 0 Å². The molecule has 0 spiro atoms. The third-order valence-corrected chi connectivity index (χ3v) is 3.63. The van der Waals surface area contributed by atoms with E-state index in [1.807, 2.05) is 0 Å². The van der Waals surface area contributed by atoms with Crippen molar-refractivity contribution < 1.29 is 14.6 Å². The maximum absolute atomic E-state index is 10.9. The zero-order valence-corrected chi connectivity index (χ0v) is 9.92. The first-order valence-electron chi connectivity index (χ1n) is 5.16. The predicted octanol–water partition coefficient (Wildman–Crippen LogP) is 0.982. The summed E-state index contributed by atoms with van der Waals surface area (Å²) in [6.45, 7) is 5.74. The summed E-state index contributed by atoms with van der Waals surface area (Å²) in [6.07, 6.45) is 0. The van der Waals surface area contributed by atoms with Crippen LogP contribution in [0.3, 0.4) is 0 Å². The van der Waals surface area contributed by atoms with E-state index in [0.717, 1.165) is 37.9 Å². The highest BCUT2D eigenvalue weighted by atomic mass is 32.1. The van der Waals surface area contributed by atoms with Gasteiger partial charge in [0.1, 0.15) is 9.88 Å². The number of morpholine rings is 1. The molecule has 1 N–H and O–H groups in total. The molecule has 1 aliphatic heterocycles. The van der Waals surface area contributed by atoms with E-state index in [2.05, 4.69) is 9.88 Å². The van der Waals surface area contributed by atoms with Gasteiger partial charge >= 0.3 is 5.97 Å². The molecule has 0 amide bonds. The van der Waals surface area contributed by atoms with Crippen LogP contribution in [0.25, 0.3) is 0 Å². The Morgan fingerprint density at radius 1 is 1.56 bits per heavy atom. The summed E-state index contributed by atoms with van der Waals surface area (Å²) >= 11 is 1.27. The molecule has 16 heavy (non-hydrogen) atoms. The summed E-state index contributed by atoms with van der Waals surface area (Å²) in [7, 11) is 0. The zero-order valence-electron chi connectivity index (χ0n) is 9.10. The van der Waals surface area contributed by atoms with Crippen LogP contribution in [0, 0.1) is 6.92 Å². The van der Waals surface area contributed by atoms with E-state index < -0.39 is 5.97 Å². The summed E-state index contributed by atoms with van der Waals surface area (Å²) in [5.74, 6) is -0.886. The third-order valence-electron chi connectivity index (χ3n) is 2.50. The first-order chi connectivity index (χ1) is 7.66. The molecular formula is C10H14N2O3S. The molecule has 1 aromatic rings. The van der Waals surface area contributed by atoms with Crippen molar-refractivity contribution in [1.82, 2.24) is 9.88 Å². The Labute approximate surface area is 97.7 Å². The van der Waals surface area contributed by atoms with Crippen molar-refractivity contribution >= 4 is 17.3 Å². The molecule has 88 valence electrons. The van der Waals surface area contributed by atoms with Crippen molar-refractivity contribution in [2.45, 2.75) is 13.5 Å². The fourth-order valence-electron chi connectivity index (χ4n) is 1.67. The van der Waals surface area contributed by atoms with Gasteiger partial charge in [0.25, 0.3) is 0 Å². The minimum atomic E-state index is -0.886. The number of carbonyl (C=O) groups is 1. The zero-order chi connectivity index (χ0) is 11.5. The van der Waals surface area contributed by atoms with Crippen molar-refractivity contribution in [3.05, 3.63) is 15.6 Å². The average Bonchev–Trinajstić information content (AvgIpc) is 2.61. The van der Waals surface area contributed by atoms with Gasteiger partial charge in [-0.1, -0.05) is 0 Å². The topological polar surface area (TPSA) is 62.7 Å². The normalized spacial score (nSPS) is 17.6. The van der Waals surface area contributed by atoms with E-state index in [9.17, 15) is 4.79 Å². The van der Waals surface area contributed by atoms with Crippen molar-refractivity contribution in [2.75, 3.05) is 26.3 Å². The molecule has 0 unspecified atom stereocenters. The number of carboxylic acid groups (broad SMARTS) is 1. The second-order valence-electron chi connectivity index (χ2n) is 3.72. The van der Waals surface area contributed by atoms with Crippen LogP contribution in [0.1, 0.15) is 20.4 Å². The second-order valence-corrected chi connectivity index (χ2v) is 4.80. The number of thiazole rings is 1. The van der Waals surface area contributed by atoms with Gasteiger partial charge in [-0.15, -0.1) is 11.3 Å². The van der Waals surface area contributed by atoms with Crippen LogP contribution in [0.15, 0.2) is 0 Å². The molecule has 0 aliphatic carbocycles. The number of hydrogen-bond donors (Lipinski definition) is 1. The Morgan fingerprint density at radius 3 is 2.81 bits per heavy atom. The van der Waals surface area contributed by atoms with Gasteiger partial charge in [0.05, 0.1) is 25.5 Å². The number of hydrogen-bond acceptors (Lipinski definition) is 5. The molecule has 2 rings (SSSR count).